The van der Waals surface area contributed by atoms with Crippen molar-refractivity contribution in [2.75, 3.05) is 18.0 Å². The molecule has 1 saturated heterocycles. The Hall–Kier alpha value is -2.16. The van der Waals surface area contributed by atoms with Crippen molar-refractivity contribution in [3.63, 3.8) is 0 Å². The van der Waals surface area contributed by atoms with Crippen molar-refractivity contribution in [1.82, 2.24) is 15.6 Å². The average molecular weight is 411 g/mol. The molecule has 1 aromatic rings. The summed E-state index contributed by atoms with van der Waals surface area (Å²) >= 11 is 0. The summed E-state index contributed by atoms with van der Waals surface area (Å²) in [6.45, 7) is 2.60. The average Bonchev–Trinajstić information content (AvgIpc) is 2.68. The first-order valence-corrected chi connectivity index (χ1v) is 10.2. The standard InChI is InChI=1S/C20H28F3N5O/c1-13(24)26-19(29)17-11-14(20(21,22)23)12-25-18(17)28-9-7-16(8-10-28)27-15-5-3-2-4-6-15/h11-12,15-16,27H,2-10H2,1H3,(H2,24,26,29). The molecule has 1 aromatic heterocycles. The predicted octanol–water partition coefficient (Wildman–Crippen LogP) is 3.72. The van der Waals surface area contributed by atoms with Gasteiger partial charge in [-0.2, -0.15) is 13.2 Å². The van der Waals surface area contributed by atoms with Gasteiger partial charge >= 0.3 is 6.18 Å². The van der Waals surface area contributed by atoms with Crippen LogP contribution in [0.1, 0.15) is 67.8 Å². The van der Waals surface area contributed by atoms with Crippen molar-refractivity contribution in [3.05, 3.63) is 23.4 Å². The molecule has 0 unspecified atom stereocenters. The summed E-state index contributed by atoms with van der Waals surface area (Å²) in [5.74, 6) is -0.629. The fourth-order valence-electron chi connectivity index (χ4n) is 4.13. The van der Waals surface area contributed by atoms with E-state index in [1.165, 1.54) is 39.0 Å². The van der Waals surface area contributed by atoms with Crippen LogP contribution in [0.3, 0.4) is 0 Å². The number of halogens is 3. The smallest absolute Gasteiger partial charge is 0.356 e. The predicted molar refractivity (Wildman–Crippen MR) is 105 cm³/mol. The van der Waals surface area contributed by atoms with Crippen LogP contribution in [-0.2, 0) is 6.18 Å². The summed E-state index contributed by atoms with van der Waals surface area (Å²) in [5.41, 5.74) is -1.12. The van der Waals surface area contributed by atoms with Gasteiger partial charge in [0.2, 0.25) is 0 Å². The monoisotopic (exact) mass is 411 g/mol. The Labute approximate surface area is 168 Å². The van der Waals surface area contributed by atoms with Crippen LogP contribution in [0.2, 0.25) is 0 Å². The number of anilines is 1. The fraction of sp³-hybridized carbons (Fsp3) is 0.650. The van der Waals surface area contributed by atoms with Gasteiger partial charge in [0.05, 0.1) is 17.0 Å². The third-order valence-corrected chi connectivity index (χ3v) is 5.61. The van der Waals surface area contributed by atoms with Crippen LogP contribution < -0.4 is 15.5 Å². The lowest BCUT2D eigenvalue weighted by atomic mass is 9.93. The zero-order chi connectivity index (χ0) is 21.0. The van der Waals surface area contributed by atoms with Crippen LogP contribution in [0.15, 0.2) is 12.3 Å². The van der Waals surface area contributed by atoms with Crippen LogP contribution in [-0.4, -0.2) is 41.9 Å². The maximum Gasteiger partial charge on any atom is 0.417 e. The van der Waals surface area contributed by atoms with Crippen LogP contribution in [0.4, 0.5) is 19.0 Å². The van der Waals surface area contributed by atoms with Gasteiger partial charge in [-0.15, -0.1) is 0 Å². The van der Waals surface area contributed by atoms with Gasteiger partial charge in [-0.1, -0.05) is 19.3 Å². The number of alkyl halides is 3. The second-order valence-electron chi connectivity index (χ2n) is 7.93. The molecule has 3 N–H and O–H groups in total. The Morgan fingerprint density at radius 2 is 1.76 bits per heavy atom. The highest BCUT2D eigenvalue weighted by Gasteiger charge is 2.34. The molecule has 3 rings (SSSR count). The van der Waals surface area contributed by atoms with Gasteiger partial charge in [0.15, 0.2) is 0 Å². The van der Waals surface area contributed by atoms with E-state index < -0.39 is 17.6 Å². The van der Waals surface area contributed by atoms with E-state index in [1.807, 2.05) is 4.90 Å². The highest BCUT2D eigenvalue weighted by molar-refractivity contribution is 6.07. The Morgan fingerprint density at radius 1 is 1.14 bits per heavy atom. The molecule has 1 aliphatic heterocycles. The van der Waals surface area contributed by atoms with Crippen LogP contribution >= 0.6 is 0 Å². The molecule has 0 atom stereocenters. The van der Waals surface area contributed by atoms with Gasteiger partial charge < -0.3 is 15.5 Å². The molecule has 1 amide bonds. The fourth-order valence-corrected chi connectivity index (χ4v) is 4.13. The number of nitrogens with zero attached hydrogens (tertiary/aromatic N) is 2. The first-order chi connectivity index (χ1) is 13.7. The normalized spacial score (nSPS) is 19.2. The maximum absolute atomic E-state index is 13.1. The number of piperidine rings is 1. The van der Waals surface area contributed by atoms with E-state index >= 15 is 0 Å². The minimum atomic E-state index is -4.59. The number of nitrogens with one attached hydrogen (secondary N) is 3. The number of carbonyl (C=O) groups is 1. The Morgan fingerprint density at radius 3 is 2.34 bits per heavy atom. The lowest BCUT2D eigenvalue weighted by Gasteiger charge is -2.36. The maximum atomic E-state index is 13.1. The molecule has 9 heteroatoms. The van der Waals surface area contributed by atoms with Crippen molar-refractivity contribution < 1.29 is 18.0 Å². The van der Waals surface area contributed by atoms with Crippen LogP contribution in [0.5, 0.6) is 0 Å². The molecule has 0 radical (unpaired) electrons. The van der Waals surface area contributed by atoms with Gasteiger partial charge in [0.1, 0.15) is 5.82 Å². The summed E-state index contributed by atoms with van der Waals surface area (Å²) in [6, 6.07) is 1.76. The van der Waals surface area contributed by atoms with Crippen molar-refractivity contribution in [2.24, 2.45) is 0 Å². The Bertz CT molecular complexity index is 738. The molecular formula is C20H28F3N5O. The molecule has 6 nitrogen and oxygen atoms in total. The first kappa shape index (κ1) is 21.5. The number of hydrogen-bond acceptors (Lipinski definition) is 5. The quantitative estimate of drug-likeness (QED) is 0.521. The third kappa shape index (κ3) is 5.68. The molecule has 160 valence electrons. The van der Waals surface area contributed by atoms with Crippen LogP contribution in [0, 0.1) is 5.41 Å². The Balaban J connectivity index is 1.72. The van der Waals surface area contributed by atoms with E-state index in [0.29, 0.717) is 25.2 Å². The number of pyridine rings is 1. The lowest BCUT2D eigenvalue weighted by Crippen LogP contribution is -2.47. The number of aromatic nitrogens is 1. The van der Waals surface area contributed by atoms with Crippen molar-refractivity contribution >= 4 is 17.6 Å². The minimum absolute atomic E-state index is 0.131. The molecular weight excluding hydrogens is 383 g/mol. The van der Waals surface area contributed by atoms with Crippen molar-refractivity contribution in [2.45, 2.75) is 70.1 Å². The summed E-state index contributed by atoms with van der Waals surface area (Å²) in [6.07, 6.45) is 4.12. The zero-order valence-electron chi connectivity index (χ0n) is 16.6. The van der Waals surface area contributed by atoms with Gasteiger partial charge in [0, 0.05) is 31.4 Å². The minimum Gasteiger partial charge on any atom is -0.356 e. The molecule has 0 bridgehead atoms. The number of rotatable bonds is 4. The second kappa shape index (κ2) is 9.11. The molecule has 0 aromatic carbocycles. The van der Waals surface area contributed by atoms with E-state index in [0.717, 1.165) is 25.1 Å². The number of amidine groups is 1. The van der Waals surface area contributed by atoms with Gasteiger partial charge in [-0.3, -0.25) is 10.2 Å². The number of carbonyl (C=O) groups excluding carboxylic acids is 1. The first-order valence-electron chi connectivity index (χ1n) is 10.2. The molecule has 1 saturated carbocycles. The summed E-state index contributed by atoms with van der Waals surface area (Å²) < 4.78 is 39.3. The van der Waals surface area contributed by atoms with Crippen LogP contribution in [0.25, 0.3) is 0 Å². The number of hydrogen-bond donors (Lipinski definition) is 3. The van der Waals surface area contributed by atoms with E-state index in [2.05, 4.69) is 15.6 Å². The van der Waals surface area contributed by atoms with Crippen molar-refractivity contribution in [1.29, 1.82) is 5.41 Å². The highest BCUT2D eigenvalue weighted by atomic mass is 19.4. The number of amides is 1. The molecule has 0 spiro atoms. The largest absolute Gasteiger partial charge is 0.417 e. The van der Waals surface area contributed by atoms with Crippen molar-refractivity contribution in [3.8, 4) is 0 Å². The summed E-state index contributed by atoms with van der Waals surface area (Å²) in [5, 5.41) is 13.4. The molecule has 2 heterocycles. The van der Waals surface area contributed by atoms with E-state index in [4.69, 9.17) is 5.41 Å². The third-order valence-electron chi connectivity index (χ3n) is 5.61. The SMILES string of the molecule is CC(=N)NC(=O)c1cc(C(F)(F)F)cnc1N1CCC(NC2CCCCC2)CC1. The molecule has 2 fully saturated rings. The zero-order valence-corrected chi connectivity index (χ0v) is 16.6. The lowest BCUT2D eigenvalue weighted by molar-refractivity contribution is -0.137. The van der Waals surface area contributed by atoms with E-state index in [9.17, 15) is 18.0 Å². The summed E-state index contributed by atoms with van der Waals surface area (Å²) in [7, 11) is 0. The molecule has 1 aliphatic carbocycles. The topological polar surface area (TPSA) is 81.1 Å². The summed E-state index contributed by atoms with van der Waals surface area (Å²) in [4.78, 5) is 18.3. The Kier molecular flexibility index (Phi) is 6.77. The molecule has 29 heavy (non-hydrogen) atoms. The second-order valence-corrected chi connectivity index (χ2v) is 7.93. The van der Waals surface area contributed by atoms with E-state index in [-0.39, 0.29) is 17.2 Å². The van der Waals surface area contributed by atoms with Gasteiger partial charge in [-0.25, -0.2) is 4.98 Å². The van der Waals surface area contributed by atoms with Gasteiger partial charge in [0.25, 0.3) is 5.91 Å². The highest BCUT2D eigenvalue weighted by Crippen LogP contribution is 2.32. The van der Waals surface area contributed by atoms with E-state index in [1.54, 1.807) is 0 Å². The molecule has 2 aliphatic rings. The van der Waals surface area contributed by atoms with Gasteiger partial charge in [-0.05, 0) is 38.7 Å².